The van der Waals surface area contributed by atoms with Gasteiger partial charge in [0.1, 0.15) is 11.5 Å². The molecule has 23 heavy (non-hydrogen) atoms. The van der Waals surface area contributed by atoms with E-state index in [0.29, 0.717) is 16.6 Å². The summed E-state index contributed by atoms with van der Waals surface area (Å²) < 4.78 is 13.5. The van der Waals surface area contributed by atoms with Crippen LogP contribution < -0.4 is 5.32 Å². The first-order valence-electron chi connectivity index (χ1n) is 7.43. The molecule has 1 aliphatic rings. The normalized spacial score (nSPS) is 15.6. The van der Waals surface area contributed by atoms with Crippen LogP contribution in [0, 0.1) is 5.82 Å². The molecule has 0 unspecified atom stereocenters. The first kappa shape index (κ1) is 14.3. The Morgan fingerprint density at radius 1 is 1.17 bits per heavy atom. The molecule has 1 fully saturated rings. The number of nitrogens with one attached hydrogen (secondary N) is 2. The summed E-state index contributed by atoms with van der Waals surface area (Å²) in [4.78, 5) is 15.5. The van der Waals surface area contributed by atoms with Crippen molar-refractivity contribution >= 4 is 28.4 Å². The van der Waals surface area contributed by atoms with Crippen molar-refractivity contribution in [3.8, 4) is 0 Å². The highest BCUT2D eigenvalue weighted by atomic mass is 35.5. The van der Waals surface area contributed by atoms with E-state index in [1.807, 2.05) is 30.3 Å². The van der Waals surface area contributed by atoms with Gasteiger partial charge in [-0.3, -0.25) is 4.79 Å². The van der Waals surface area contributed by atoms with Crippen molar-refractivity contribution in [2.45, 2.75) is 18.4 Å². The van der Waals surface area contributed by atoms with E-state index in [2.05, 4.69) is 10.3 Å². The summed E-state index contributed by atoms with van der Waals surface area (Å²) in [5, 5.41) is 3.85. The van der Waals surface area contributed by atoms with E-state index < -0.39 is 5.82 Å². The fourth-order valence-electron chi connectivity index (χ4n) is 2.90. The maximum Gasteiger partial charge on any atom is 0.268 e. The predicted molar refractivity (Wildman–Crippen MR) is 88.1 cm³/mol. The molecule has 1 saturated carbocycles. The maximum absolute atomic E-state index is 13.5. The topological polar surface area (TPSA) is 44.9 Å². The van der Waals surface area contributed by atoms with Gasteiger partial charge in [-0.15, -0.1) is 0 Å². The number of fused-ring (bicyclic) bond motifs is 1. The quantitative estimate of drug-likeness (QED) is 0.736. The highest BCUT2D eigenvalue weighted by Crippen LogP contribution is 2.45. The third kappa shape index (κ3) is 2.49. The highest BCUT2D eigenvalue weighted by Gasteiger charge is 2.45. The van der Waals surface area contributed by atoms with Crippen LogP contribution in [0.2, 0.25) is 5.02 Å². The number of hydrogen-bond donors (Lipinski definition) is 2. The van der Waals surface area contributed by atoms with Crippen molar-refractivity contribution in [3.63, 3.8) is 0 Å². The number of aromatic amines is 1. The summed E-state index contributed by atoms with van der Waals surface area (Å²) in [6, 6.07) is 14.4. The Bertz CT molecular complexity index is 861. The molecule has 3 aromatic rings. The molecule has 0 atom stereocenters. The molecule has 1 aromatic heterocycles. The average molecular weight is 329 g/mol. The van der Waals surface area contributed by atoms with E-state index in [1.54, 1.807) is 6.07 Å². The second-order valence-corrected chi connectivity index (χ2v) is 6.35. The molecule has 1 heterocycles. The lowest BCUT2D eigenvalue weighted by Gasteiger charge is -2.17. The van der Waals surface area contributed by atoms with Gasteiger partial charge in [0, 0.05) is 10.9 Å². The van der Waals surface area contributed by atoms with Crippen molar-refractivity contribution < 1.29 is 9.18 Å². The van der Waals surface area contributed by atoms with Gasteiger partial charge in [-0.2, -0.15) is 0 Å². The summed E-state index contributed by atoms with van der Waals surface area (Å²) in [6.45, 7) is 0. The number of amides is 1. The third-order valence-electron chi connectivity index (χ3n) is 4.34. The number of carbonyl (C=O) groups excluding carboxylic acids is 1. The van der Waals surface area contributed by atoms with Gasteiger partial charge in [-0.1, -0.05) is 41.9 Å². The number of benzene rings is 2. The second kappa shape index (κ2) is 5.10. The van der Waals surface area contributed by atoms with Crippen molar-refractivity contribution in [3.05, 3.63) is 70.6 Å². The Labute approximate surface area is 137 Å². The molecule has 0 saturated heterocycles. The lowest BCUT2D eigenvalue weighted by Crippen LogP contribution is -2.34. The standard InChI is InChI=1S/C18H14ClFN2O/c19-13-8-11-9-16(21-15(11)10-14(13)20)17(23)22-18(6-7-18)12-4-2-1-3-5-12/h1-5,8-10,21H,6-7H2,(H,22,23). The number of hydrogen-bond acceptors (Lipinski definition) is 1. The smallest absolute Gasteiger partial charge is 0.268 e. The maximum atomic E-state index is 13.5. The van der Waals surface area contributed by atoms with E-state index in [1.165, 1.54) is 12.1 Å². The monoisotopic (exact) mass is 328 g/mol. The van der Waals surface area contributed by atoms with Crippen molar-refractivity contribution in [1.29, 1.82) is 0 Å². The minimum absolute atomic E-state index is 0.0476. The van der Waals surface area contributed by atoms with Crippen molar-refractivity contribution in [2.75, 3.05) is 0 Å². The summed E-state index contributed by atoms with van der Waals surface area (Å²) in [5.41, 5.74) is 1.79. The molecule has 0 radical (unpaired) electrons. The van der Waals surface area contributed by atoms with Gasteiger partial charge < -0.3 is 10.3 Å². The Hall–Kier alpha value is -2.33. The molecule has 1 amide bonds. The van der Waals surface area contributed by atoms with Crippen LogP contribution in [0.1, 0.15) is 28.9 Å². The van der Waals surface area contributed by atoms with E-state index in [4.69, 9.17) is 11.6 Å². The SMILES string of the molecule is O=C(NC1(c2ccccc2)CC1)c1cc2cc(Cl)c(F)cc2[nH]1. The van der Waals surface area contributed by atoms with Gasteiger partial charge in [0.25, 0.3) is 5.91 Å². The van der Waals surface area contributed by atoms with Crippen LogP contribution in [-0.2, 0) is 5.54 Å². The Kier molecular flexibility index (Phi) is 3.16. The van der Waals surface area contributed by atoms with Gasteiger partial charge in [-0.05, 0) is 36.6 Å². The van der Waals surface area contributed by atoms with Crippen LogP contribution in [0.25, 0.3) is 10.9 Å². The highest BCUT2D eigenvalue weighted by molar-refractivity contribution is 6.31. The minimum atomic E-state index is -0.504. The van der Waals surface area contributed by atoms with E-state index in [0.717, 1.165) is 18.4 Å². The fourth-order valence-corrected chi connectivity index (χ4v) is 3.07. The number of carbonyl (C=O) groups is 1. The van der Waals surface area contributed by atoms with Gasteiger partial charge in [-0.25, -0.2) is 4.39 Å². The largest absolute Gasteiger partial charge is 0.350 e. The molecule has 0 aliphatic heterocycles. The fraction of sp³-hybridized carbons (Fsp3) is 0.167. The molecule has 3 nitrogen and oxygen atoms in total. The Morgan fingerprint density at radius 3 is 2.61 bits per heavy atom. The number of H-pyrrole nitrogens is 1. The van der Waals surface area contributed by atoms with Gasteiger partial charge >= 0.3 is 0 Å². The van der Waals surface area contributed by atoms with Crippen LogP contribution in [0.5, 0.6) is 0 Å². The molecule has 4 rings (SSSR count). The molecule has 0 spiro atoms. The molecule has 1 aliphatic carbocycles. The molecule has 116 valence electrons. The van der Waals surface area contributed by atoms with Crippen LogP contribution in [-0.4, -0.2) is 10.9 Å². The van der Waals surface area contributed by atoms with Crippen LogP contribution >= 0.6 is 11.6 Å². The second-order valence-electron chi connectivity index (χ2n) is 5.94. The molecule has 2 aromatic carbocycles. The number of rotatable bonds is 3. The zero-order valence-electron chi connectivity index (χ0n) is 12.2. The Morgan fingerprint density at radius 2 is 1.91 bits per heavy atom. The van der Waals surface area contributed by atoms with E-state index in [-0.39, 0.29) is 16.5 Å². The van der Waals surface area contributed by atoms with E-state index in [9.17, 15) is 9.18 Å². The van der Waals surface area contributed by atoms with Gasteiger partial charge in [0.05, 0.1) is 10.6 Å². The zero-order valence-corrected chi connectivity index (χ0v) is 13.0. The van der Waals surface area contributed by atoms with Crippen LogP contribution in [0.3, 0.4) is 0 Å². The summed E-state index contributed by atoms with van der Waals surface area (Å²) in [5.74, 6) is -0.699. The molecule has 2 N–H and O–H groups in total. The Balaban J connectivity index is 1.63. The lowest BCUT2D eigenvalue weighted by atomic mass is 10.0. The predicted octanol–water partition coefficient (Wildman–Crippen LogP) is 4.38. The minimum Gasteiger partial charge on any atom is -0.350 e. The third-order valence-corrected chi connectivity index (χ3v) is 4.63. The summed E-state index contributed by atoms with van der Waals surface area (Å²) in [7, 11) is 0. The van der Waals surface area contributed by atoms with Gasteiger partial charge in [0.15, 0.2) is 0 Å². The van der Waals surface area contributed by atoms with Gasteiger partial charge in [0.2, 0.25) is 0 Å². The van der Waals surface area contributed by atoms with Crippen molar-refractivity contribution in [1.82, 2.24) is 10.3 Å². The van der Waals surface area contributed by atoms with Crippen LogP contribution in [0.15, 0.2) is 48.5 Å². The van der Waals surface area contributed by atoms with Crippen LogP contribution in [0.4, 0.5) is 4.39 Å². The van der Waals surface area contributed by atoms with E-state index >= 15 is 0 Å². The molecular weight excluding hydrogens is 315 g/mol. The molecule has 0 bridgehead atoms. The average Bonchev–Trinajstić information content (AvgIpc) is 3.22. The molecule has 5 heteroatoms. The zero-order chi connectivity index (χ0) is 16.0. The first-order valence-corrected chi connectivity index (χ1v) is 7.81. The van der Waals surface area contributed by atoms with Crippen molar-refractivity contribution in [2.24, 2.45) is 0 Å². The first-order chi connectivity index (χ1) is 11.1. The summed E-state index contributed by atoms with van der Waals surface area (Å²) >= 11 is 5.78. The molecular formula is C18H14ClFN2O. The lowest BCUT2D eigenvalue weighted by molar-refractivity contribution is 0.0926. The number of halogens is 2. The summed E-state index contributed by atoms with van der Waals surface area (Å²) in [6.07, 6.45) is 1.84. The number of aromatic nitrogens is 1.